The second kappa shape index (κ2) is 4.22. The first-order chi connectivity index (χ1) is 6.45. The molecule has 1 nitrogen and oxygen atoms in total. The van der Waals surface area contributed by atoms with E-state index in [9.17, 15) is 0 Å². The molecule has 2 heteroatoms. The SMILES string of the molecule is Cc1ccc(C(C)(C)C)cc1NCCl. The molecule has 0 fully saturated rings. The summed E-state index contributed by atoms with van der Waals surface area (Å²) >= 11 is 5.66. The van der Waals surface area contributed by atoms with Crippen molar-refractivity contribution in [1.82, 2.24) is 0 Å². The Balaban J connectivity index is 3.06. The molecule has 0 heterocycles. The van der Waals surface area contributed by atoms with Gasteiger partial charge in [-0.2, -0.15) is 0 Å². The molecule has 1 N–H and O–H groups in total. The molecule has 0 spiro atoms. The molecule has 78 valence electrons. The van der Waals surface area contributed by atoms with Gasteiger partial charge in [-0.15, -0.1) is 11.6 Å². The minimum Gasteiger partial charge on any atom is -0.371 e. The van der Waals surface area contributed by atoms with Gasteiger partial charge in [-0.25, -0.2) is 0 Å². The Hall–Kier alpha value is -0.690. The van der Waals surface area contributed by atoms with Crippen molar-refractivity contribution in [3.8, 4) is 0 Å². The summed E-state index contributed by atoms with van der Waals surface area (Å²) in [5, 5.41) is 3.15. The van der Waals surface area contributed by atoms with E-state index in [4.69, 9.17) is 11.6 Å². The van der Waals surface area contributed by atoms with Crippen molar-refractivity contribution in [3.63, 3.8) is 0 Å². The van der Waals surface area contributed by atoms with E-state index in [0.29, 0.717) is 6.00 Å². The molecular formula is C12H18ClN. The first kappa shape index (κ1) is 11.4. The number of hydrogen-bond acceptors (Lipinski definition) is 1. The van der Waals surface area contributed by atoms with Crippen LogP contribution < -0.4 is 5.32 Å². The standard InChI is InChI=1S/C12H18ClN/c1-9-5-6-10(12(2,3)4)7-11(9)14-8-13/h5-7,14H,8H2,1-4H3. The number of anilines is 1. The Morgan fingerprint density at radius 1 is 1.29 bits per heavy atom. The summed E-state index contributed by atoms with van der Waals surface area (Å²) < 4.78 is 0. The van der Waals surface area contributed by atoms with Crippen molar-refractivity contribution >= 4 is 17.3 Å². The highest BCUT2D eigenvalue weighted by Gasteiger charge is 2.14. The fourth-order valence-corrected chi connectivity index (χ4v) is 1.49. The molecule has 0 saturated heterocycles. The predicted molar refractivity (Wildman–Crippen MR) is 64.2 cm³/mol. The quantitative estimate of drug-likeness (QED) is 0.578. The maximum Gasteiger partial charge on any atom is 0.0901 e. The molecule has 0 aliphatic carbocycles. The van der Waals surface area contributed by atoms with E-state index in [0.717, 1.165) is 5.69 Å². The van der Waals surface area contributed by atoms with Gasteiger partial charge >= 0.3 is 0 Å². The molecule has 0 aromatic heterocycles. The van der Waals surface area contributed by atoms with Crippen molar-refractivity contribution in [2.75, 3.05) is 11.3 Å². The third-order valence-electron chi connectivity index (χ3n) is 2.36. The Kier molecular flexibility index (Phi) is 3.43. The van der Waals surface area contributed by atoms with Gasteiger partial charge in [-0.05, 0) is 29.5 Å². The monoisotopic (exact) mass is 211 g/mol. The second-order valence-corrected chi connectivity index (χ2v) is 4.86. The number of hydrogen-bond donors (Lipinski definition) is 1. The van der Waals surface area contributed by atoms with Gasteiger partial charge in [-0.1, -0.05) is 32.9 Å². The number of rotatable bonds is 2. The average Bonchev–Trinajstić information content (AvgIpc) is 2.07. The second-order valence-electron chi connectivity index (χ2n) is 4.59. The lowest BCUT2D eigenvalue weighted by atomic mass is 9.86. The topological polar surface area (TPSA) is 12.0 Å². The van der Waals surface area contributed by atoms with E-state index in [2.05, 4.69) is 51.2 Å². The van der Waals surface area contributed by atoms with Gasteiger partial charge in [0.25, 0.3) is 0 Å². The van der Waals surface area contributed by atoms with Crippen LogP contribution in [0.4, 0.5) is 5.69 Å². The Bertz CT molecular complexity index is 313. The minimum atomic E-state index is 0.191. The lowest BCUT2D eigenvalue weighted by Crippen LogP contribution is -2.11. The van der Waals surface area contributed by atoms with Crippen LogP contribution in [0.1, 0.15) is 31.9 Å². The van der Waals surface area contributed by atoms with Crippen molar-refractivity contribution in [1.29, 1.82) is 0 Å². The summed E-state index contributed by atoms with van der Waals surface area (Å²) in [6, 6.07) is 6.94. The predicted octanol–water partition coefficient (Wildman–Crippen LogP) is 3.90. The summed E-state index contributed by atoms with van der Waals surface area (Å²) in [6.45, 7) is 8.72. The number of alkyl halides is 1. The van der Waals surface area contributed by atoms with Gasteiger partial charge in [0.15, 0.2) is 0 Å². The van der Waals surface area contributed by atoms with Gasteiger partial charge in [0.1, 0.15) is 0 Å². The molecule has 1 aromatic rings. The summed E-state index contributed by atoms with van der Waals surface area (Å²) in [4.78, 5) is 0. The summed E-state index contributed by atoms with van der Waals surface area (Å²) in [5.41, 5.74) is 3.89. The summed E-state index contributed by atoms with van der Waals surface area (Å²) in [5.74, 6) is 0. The molecule has 0 aliphatic heterocycles. The van der Waals surface area contributed by atoms with Crippen LogP contribution >= 0.6 is 11.6 Å². The van der Waals surface area contributed by atoms with Gasteiger partial charge < -0.3 is 5.32 Å². The maximum absolute atomic E-state index is 5.66. The Morgan fingerprint density at radius 2 is 1.93 bits per heavy atom. The first-order valence-corrected chi connectivity index (χ1v) is 5.39. The molecule has 1 rings (SSSR count). The molecule has 0 aliphatic rings. The summed E-state index contributed by atoms with van der Waals surface area (Å²) in [6.07, 6.45) is 0. The number of benzene rings is 1. The van der Waals surface area contributed by atoms with E-state index in [1.807, 2.05) is 0 Å². The van der Waals surface area contributed by atoms with E-state index in [-0.39, 0.29) is 5.41 Å². The molecular weight excluding hydrogens is 194 g/mol. The lowest BCUT2D eigenvalue weighted by Gasteiger charge is -2.20. The first-order valence-electron chi connectivity index (χ1n) is 4.86. The van der Waals surface area contributed by atoms with Crippen LogP contribution in [0.25, 0.3) is 0 Å². The maximum atomic E-state index is 5.66. The van der Waals surface area contributed by atoms with E-state index >= 15 is 0 Å². The molecule has 0 saturated carbocycles. The molecule has 14 heavy (non-hydrogen) atoms. The van der Waals surface area contributed by atoms with Crippen LogP contribution in [0.5, 0.6) is 0 Å². The molecule has 0 bridgehead atoms. The number of halogens is 1. The highest BCUT2D eigenvalue weighted by Crippen LogP contribution is 2.26. The fraction of sp³-hybridized carbons (Fsp3) is 0.500. The highest BCUT2D eigenvalue weighted by atomic mass is 35.5. The molecule has 0 radical (unpaired) electrons. The Morgan fingerprint density at radius 3 is 2.43 bits per heavy atom. The molecule has 0 unspecified atom stereocenters. The fourth-order valence-electron chi connectivity index (χ4n) is 1.35. The van der Waals surface area contributed by atoms with Crippen molar-refractivity contribution in [3.05, 3.63) is 29.3 Å². The zero-order valence-electron chi connectivity index (χ0n) is 9.32. The molecule has 0 atom stereocenters. The number of nitrogens with one attached hydrogen (secondary N) is 1. The van der Waals surface area contributed by atoms with Crippen LogP contribution in [0.3, 0.4) is 0 Å². The average molecular weight is 212 g/mol. The van der Waals surface area contributed by atoms with Gasteiger partial charge in [0.05, 0.1) is 6.00 Å². The molecule has 0 amide bonds. The third kappa shape index (κ3) is 2.65. The van der Waals surface area contributed by atoms with Gasteiger partial charge in [0.2, 0.25) is 0 Å². The highest BCUT2D eigenvalue weighted by molar-refractivity contribution is 6.18. The Labute approximate surface area is 91.5 Å². The number of aryl methyl sites for hydroxylation is 1. The molecule has 1 aromatic carbocycles. The lowest BCUT2D eigenvalue weighted by molar-refractivity contribution is 0.590. The normalized spacial score (nSPS) is 11.5. The summed E-state index contributed by atoms with van der Waals surface area (Å²) in [7, 11) is 0. The van der Waals surface area contributed by atoms with E-state index < -0.39 is 0 Å². The van der Waals surface area contributed by atoms with E-state index in [1.54, 1.807) is 0 Å². The van der Waals surface area contributed by atoms with E-state index in [1.165, 1.54) is 11.1 Å². The zero-order chi connectivity index (χ0) is 10.8. The minimum absolute atomic E-state index is 0.191. The van der Waals surface area contributed by atoms with Crippen molar-refractivity contribution in [2.24, 2.45) is 0 Å². The third-order valence-corrected chi connectivity index (χ3v) is 2.49. The van der Waals surface area contributed by atoms with Crippen LogP contribution in [0.2, 0.25) is 0 Å². The van der Waals surface area contributed by atoms with Crippen LogP contribution in [-0.2, 0) is 5.41 Å². The van der Waals surface area contributed by atoms with Gasteiger partial charge in [-0.3, -0.25) is 0 Å². The van der Waals surface area contributed by atoms with Crippen LogP contribution in [0.15, 0.2) is 18.2 Å². The van der Waals surface area contributed by atoms with Crippen LogP contribution in [-0.4, -0.2) is 6.00 Å². The van der Waals surface area contributed by atoms with Gasteiger partial charge in [0, 0.05) is 5.69 Å². The smallest absolute Gasteiger partial charge is 0.0901 e. The largest absolute Gasteiger partial charge is 0.371 e. The van der Waals surface area contributed by atoms with Crippen molar-refractivity contribution < 1.29 is 0 Å². The zero-order valence-corrected chi connectivity index (χ0v) is 10.1. The van der Waals surface area contributed by atoms with Crippen molar-refractivity contribution in [2.45, 2.75) is 33.1 Å². The van der Waals surface area contributed by atoms with Crippen LogP contribution in [0, 0.1) is 6.92 Å².